The number of fused-ring (bicyclic) bond motifs is 1. The van der Waals surface area contributed by atoms with Crippen molar-refractivity contribution in [2.45, 2.75) is 12.5 Å². The molecule has 0 saturated heterocycles. The topological polar surface area (TPSA) is 94.4 Å². The van der Waals surface area contributed by atoms with Crippen molar-refractivity contribution in [3.05, 3.63) is 35.5 Å². The van der Waals surface area contributed by atoms with Crippen LogP contribution in [-0.2, 0) is 20.7 Å². The summed E-state index contributed by atoms with van der Waals surface area (Å²) in [6.45, 7) is 0. The van der Waals surface area contributed by atoms with Gasteiger partial charge in [-0.2, -0.15) is 0 Å². The van der Waals surface area contributed by atoms with Gasteiger partial charge in [-0.1, -0.05) is 0 Å². The number of hydrogen-bond acceptors (Lipinski definition) is 5. The number of hydrogen-bond donors (Lipinski definition) is 2. The second-order valence-corrected chi connectivity index (χ2v) is 4.40. The van der Waals surface area contributed by atoms with Crippen LogP contribution in [0, 0.1) is 0 Å². The van der Waals surface area contributed by atoms with Crippen molar-refractivity contribution in [3.63, 3.8) is 0 Å². The number of esters is 2. The third-order valence-electron chi connectivity index (χ3n) is 3.13. The molecule has 20 heavy (non-hydrogen) atoms. The van der Waals surface area contributed by atoms with Crippen molar-refractivity contribution in [1.82, 2.24) is 4.98 Å². The molecule has 0 aliphatic rings. The monoisotopic (exact) mass is 276 g/mol. The maximum Gasteiger partial charge on any atom is 0.337 e. The molecule has 1 atom stereocenters. The van der Waals surface area contributed by atoms with Crippen LogP contribution >= 0.6 is 0 Å². The highest BCUT2D eigenvalue weighted by atomic mass is 16.5. The first-order valence-electron chi connectivity index (χ1n) is 6.08. The Bertz CT molecular complexity index is 648. The van der Waals surface area contributed by atoms with Crippen LogP contribution in [0.25, 0.3) is 10.9 Å². The van der Waals surface area contributed by atoms with Crippen molar-refractivity contribution < 1.29 is 19.1 Å². The molecule has 0 saturated carbocycles. The van der Waals surface area contributed by atoms with Crippen LogP contribution in [0.2, 0.25) is 0 Å². The van der Waals surface area contributed by atoms with Gasteiger partial charge in [0.25, 0.3) is 0 Å². The summed E-state index contributed by atoms with van der Waals surface area (Å²) in [6, 6.07) is 4.45. The van der Waals surface area contributed by atoms with Gasteiger partial charge >= 0.3 is 11.9 Å². The third-order valence-corrected chi connectivity index (χ3v) is 3.13. The molecule has 0 spiro atoms. The van der Waals surface area contributed by atoms with E-state index in [9.17, 15) is 9.59 Å². The summed E-state index contributed by atoms with van der Waals surface area (Å²) in [5.74, 6) is -0.875. The van der Waals surface area contributed by atoms with Crippen LogP contribution in [0.15, 0.2) is 24.4 Å². The molecule has 106 valence electrons. The summed E-state index contributed by atoms with van der Waals surface area (Å²) in [4.78, 5) is 26.0. The number of benzene rings is 1. The van der Waals surface area contributed by atoms with Gasteiger partial charge in [0.2, 0.25) is 0 Å². The molecule has 2 rings (SSSR count). The SMILES string of the molecule is COC(=O)c1ccc2[nH]cc(CC(N)C(=O)OC)c2c1. The number of aromatic nitrogens is 1. The molecular weight excluding hydrogens is 260 g/mol. The van der Waals surface area contributed by atoms with Crippen molar-refractivity contribution in [2.75, 3.05) is 14.2 Å². The summed E-state index contributed by atoms with van der Waals surface area (Å²) >= 11 is 0. The van der Waals surface area contributed by atoms with E-state index >= 15 is 0 Å². The van der Waals surface area contributed by atoms with Crippen molar-refractivity contribution in [3.8, 4) is 0 Å². The molecule has 6 nitrogen and oxygen atoms in total. The van der Waals surface area contributed by atoms with Gasteiger partial charge in [0.15, 0.2) is 0 Å². The van der Waals surface area contributed by atoms with Crippen molar-refractivity contribution in [1.29, 1.82) is 0 Å². The lowest BCUT2D eigenvalue weighted by atomic mass is 10.0. The Morgan fingerprint density at radius 3 is 2.70 bits per heavy atom. The van der Waals surface area contributed by atoms with E-state index in [1.54, 1.807) is 24.4 Å². The number of nitrogens with two attached hydrogens (primary N) is 1. The van der Waals surface area contributed by atoms with Crippen LogP contribution in [-0.4, -0.2) is 37.2 Å². The number of H-pyrrole nitrogens is 1. The smallest absolute Gasteiger partial charge is 0.337 e. The quantitative estimate of drug-likeness (QED) is 0.812. The number of carbonyl (C=O) groups excluding carboxylic acids is 2. The zero-order valence-electron chi connectivity index (χ0n) is 11.3. The Morgan fingerprint density at radius 1 is 1.30 bits per heavy atom. The lowest BCUT2D eigenvalue weighted by molar-refractivity contribution is -0.142. The van der Waals surface area contributed by atoms with E-state index in [4.69, 9.17) is 10.5 Å². The van der Waals surface area contributed by atoms with E-state index in [1.807, 2.05) is 0 Å². The number of rotatable bonds is 4. The number of methoxy groups -OCH3 is 2. The maximum atomic E-state index is 11.5. The number of nitrogens with one attached hydrogen (secondary N) is 1. The highest BCUT2D eigenvalue weighted by Gasteiger charge is 2.17. The summed E-state index contributed by atoms with van der Waals surface area (Å²) in [6.07, 6.45) is 2.10. The number of ether oxygens (including phenoxy) is 2. The average Bonchev–Trinajstić information content (AvgIpc) is 2.87. The van der Waals surface area contributed by atoms with E-state index in [2.05, 4.69) is 9.72 Å². The first-order chi connectivity index (χ1) is 9.56. The van der Waals surface area contributed by atoms with Crippen LogP contribution in [0.5, 0.6) is 0 Å². The van der Waals surface area contributed by atoms with Crippen LogP contribution in [0.3, 0.4) is 0 Å². The first-order valence-corrected chi connectivity index (χ1v) is 6.08. The fraction of sp³-hybridized carbons (Fsp3) is 0.286. The highest BCUT2D eigenvalue weighted by molar-refractivity contribution is 5.95. The second kappa shape index (κ2) is 5.75. The molecule has 2 aromatic rings. The number of carbonyl (C=O) groups is 2. The Labute approximate surface area is 115 Å². The molecule has 3 N–H and O–H groups in total. The molecule has 0 aliphatic heterocycles. The third kappa shape index (κ3) is 2.65. The average molecular weight is 276 g/mol. The lowest BCUT2D eigenvalue weighted by Crippen LogP contribution is -2.33. The molecule has 0 aliphatic carbocycles. The Balaban J connectivity index is 2.34. The molecule has 0 radical (unpaired) electrons. The van der Waals surface area contributed by atoms with E-state index in [0.29, 0.717) is 12.0 Å². The maximum absolute atomic E-state index is 11.5. The molecular formula is C14H16N2O4. The van der Waals surface area contributed by atoms with Gasteiger partial charge in [-0.15, -0.1) is 0 Å². The first kappa shape index (κ1) is 14.1. The van der Waals surface area contributed by atoms with Crippen LogP contribution < -0.4 is 5.73 Å². The Kier molecular flexibility index (Phi) is 4.05. The minimum atomic E-state index is -0.735. The minimum absolute atomic E-state index is 0.331. The standard InChI is InChI=1S/C14H16N2O4/c1-19-13(17)8-3-4-12-10(5-8)9(7-16-12)6-11(15)14(18)20-2/h3-5,7,11,16H,6,15H2,1-2H3. The molecule has 0 bridgehead atoms. The van der Waals surface area contributed by atoms with Crippen molar-refractivity contribution >= 4 is 22.8 Å². The van der Waals surface area contributed by atoms with Crippen molar-refractivity contribution in [2.24, 2.45) is 5.73 Å². The van der Waals surface area contributed by atoms with Gasteiger partial charge < -0.3 is 20.2 Å². The van der Waals surface area contributed by atoms with Gasteiger partial charge in [-0.05, 0) is 23.8 Å². The van der Waals surface area contributed by atoms with E-state index in [0.717, 1.165) is 16.5 Å². The molecule has 1 unspecified atom stereocenters. The molecule has 0 fully saturated rings. The van der Waals surface area contributed by atoms with Crippen LogP contribution in [0.1, 0.15) is 15.9 Å². The fourth-order valence-corrected chi connectivity index (χ4v) is 2.06. The predicted molar refractivity (Wildman–Crippen MR) is 73.3 cm³/mol. The largest absolute Gasteiger partial charge is 0.468 e. The van der Waals surface area contributed by atoms with Gasteiger partial charge in [-0.25, -0.2) is 4.79 Å². The van der Waals surface area contributed by atoms with Crippen LogP contribution in [0.4, 0.5) is 0 Å². The van der Waals surface area contributed by atoms with E-state index in [1.165, 1.54) is 14.2 Å². The molecule has 1 aromatic heterocycles. The Morgan fingerprint density at radius 2 is 2.05 bits per heavy atom. The second-order valence-electron chi connectivity index (χ2n) is 4.40. The molecule has 1 aromatic carbocycles. The molecule has 6 heteroatoms. The normalized spacial score (nSPS) is 12.2. The van der Waals surface area contributed by atoms with Gasteiger partial charge in [0, 0.05) is 23.5 Å². The van der Waals surface area contributed by atoms with E-state index < -0.39 is 18.0 Å². The fourth-order valence-electron chi connectivity index (χ4n) is 2.06. The van der Waals surface area contributed by atoms with Gasteiger partial charge in [0.1, 0.15) is 6.04 Å². The zero-order chi connectivity index (χ0) is 14.7. The lowest BCUT2D eigenvalue weighted by Gasteiger charge is -2.08. The molecule has 0 amide bonds. The summed E-state index contributed by atoms with van der Waals surface area (Å²) in [5.41, 5.74) is 7.92. The highest BCUT2D eigenvalue weighted by Crippen LogP contribution is 2.21. The summed E-state index contributed by atoms with van der Waals surface area (Å²) in [5, 5.41) is 0.840. The molecule has 1 heterocycles. The van der Waals surface area contributed by atoms with E-state index in [-0.39, 0.29) is 0 Å². The van der Waals surface area contributed by atoms with Gasteiger partial charge in [0.05, 0.1) is 19.8 Å². The minimum Gasteiger partial charge on any atom is -0.468 e. The summed E-state index contributed by atoms with van der Waals surface area (Å²) < 4.78 is 9.29. The predicted octanol–water partition coefficient (Wildman–Crippen LogP) is 0.997. The zero-order valence-corrected chi connectivity index (χ0v) is 11.3. The number of aromatic amines is 1. The Hall–Kier alpha value is -2.34. The van der Waals surface area contributed by atoms with Gasteiger partial charge in [-0.3, -0.25) is 4.79 Å². The summed E-state index contributed by atoms with van der Waals surface area (Å²) in [7, 11) is 2.63.